The Balaban J connectivity index is 2.02. The molecule has 1 unspecified atom stereocenters. The molecular formula is C19H18O5S. The van der Waals surface area contributed by atoms with Gasteiger partial charge in [-0.3, -0.25) is 4.79 Å². The zero-order valence-corrected chi connectivity index (χ0v) is 14.5. The summed E-state index contributed by atoms with van der Waals surface area (Å²) in [5.41, 5.74) is 1.20. The predicted octanol–water partition coefficient (Wildman–Crippen LogP) is 3.38. The highest BCUT2D eigenvalue weighted by Crippen LogP contribution is 2.27. The molecule has 6 heteroatoms. The first-order chi connectivity index (χ1) is 12.0. The number of fused-ring (bicyclic) bond motifs is 1. The van der Waals surface area contributed by atoms with Crippen LogP contribution in [-0.4, -0.2) is 26.2 Å². The average molecular weight is 358 g/mol. The molecule has 5 nitrogen and oxygen atoms in total. The number of furan rings is 1. The van der Waals surface area contributed by atoms with E-state index in [4.69, 9.17) is 9.15 Å². The minimum atomic E-state index is -4.02. The van der Waals surface area contributed by atoms with Crippen molar-refractivity contribution in [1.29, 1.82) is 0 Å². The maximum atomic E-state index is 13.0. The molecule has 2 aromatic carbocycles. The summed E-state index contributed by atoms with van der Waals surface area (Å²) in [7, 11) is -4.02. The summed E-state index contributed by atoms with van der Waals surface area (Å²) in [5, 5.41) is -0.901. The fraction of sp³-hybridized carbons (Fsp3) is 0.211. The van der Waals surface area contributed by atoms with Crippen LogP contribution in [0.1, 0.15) is 12.5 Å². The summed E-state index contributed by atoms with van der Waals surface area (Å²) in [4.78, 5) is 12.3. The molecule has 0 N–H and O–H groups in total. The van der Waals surface area contributed by atoms with Crippen LogP contribution in [0.15, 0.2) is 70.2 Å². The van der Waals surface area contributed by atoms with Crippen LogP contribution in [0.3, 0.4) is 0 Å². The molecule has 25 heavy (non-hydrogen) atoms. The molecule has 0 saturated carbocycles. The van der Waals surface area contributed by atoms with Crippen molar-refractivity contribution in [3.05, 3.63) is 66.2 Å². The fourth-order valence-electron chi connectivity index (χ4n) is 2.62. The molecule has 3 rings (SSSR count). The molecule has 0 amide bonds. The molecule has 0 aliphatic heterocycles. The lowest BCUT2D eigenvalue weighted by molar-refractivity contribution is -0.142. The first-order valence-electron chi connectivity index (χ1n) is 7.95. The molecule has 0 saturated heterocycles. The van der Waals surface area contributed by atoms with Crippen molar-refractivity contribution < 1.29 is 22.4 Å². The van der Waals surface area contributed by atoms with Gasteiger partial charge >= 0.3 is 5.97 Å². The predicted molar refractivity (Wildman–Crippen MR) is 94.0 cm³/mol. The second kappa shape index (κ2) is 7.11. The molecule has 0 bridgehead atoms. The van der Waals surface area contributed by atoms with E-state index in [0.717, 1.165) is 5.56 Å². The van der Waals surface area contributed by atoms with E-state index in [0.29, 0.717) is 11.0 Å². The van der Waals surface area contributed by atoms with Gasteiger partial charge in [0.05, 0.1) is 6.61 Å². The van der Waals surface area contributed by atoms with E-state index in [1.165, 1.54) is 6.07 Å². The third-order valence-electron chi connectivity index (χ3n) is 3.87. The van der Waals surface area contributed by atoms with Crippen molar-refractivity contribution in [2.75, 3.05) is 6.61 Å². The van der Waals surface area contributed by atoms with Gasteiger partial charge in [0.25, 0.3) is 0 Å². The molecule has 130 valence electrons. The number of hydrogen-bond donors (Lipinski definition) is 0. The van der Waals surface area contributed by atoms with Crippen LogP contribution in [0.2, 0.25) is 0 Å². The van der Waals surface area contributed by atoms with E-state index in [9.17, 15) is 13.2 Å². The molecule has 1 aromatic heterocycles. The minimum Gasteiger partial charge on any atom is -0.465 e. The highest BCUT2D eigenvalue weighted by atomic mass is 32.2. The Morgan fingerprint density at radius 3 is 2.44 bits per heavy atom. The number of para-hydroxylation sites is 1. The monoisotopic (exact) mass is 358 g/mol. The molecule has 0 aliphatic rings. The van der Waals surface area contributed by atoms with E-state index in [-0.39, 0.29) is 18.1 Å². The first kappa shape index (κ1) is 17.2. The SMILES string of the molecule is CCOC(=O)C(Cc1ccccc1)S(=O)(=O)c1cc2ccccc2o1. The standard InChI is InChI=1S/C19H18O5S/c1-2-23-19(20)17(12-14-8-4-3-5-9-14)25(21,22)18-13-15-10-6-7-11-16(15)24-18/h3-11,13,17H,2,12H2,1H3. The lowest BCUT2D eigenvalue weighted by atomic mass is 10.1. The minimum absolute atomic E-state index is 0.0268. The molecule has 3 aromatic rings. The van der Waals surface area contributed by atoms with Gasteiger partial charge in [0.15, 0.2) is 5.25 Å². The maximum absolute atomic E-state index is 13.0. The second-order valence-electron chi connectivity index (χ2n) is 5.58. The molecule has 0 spiro atoms. The number of rotatable bonds is 6. The third-order valence-corrected chi connectivity index (χ3v) is 5.74. The van der Waals surface area contributed by atoms with Gasteiger partial charge in [-0.2, -0.15) is 0 Å². The van der Waals surface area contributed by atoms with E-state index in [2.05, 4.69) is 0 Å². The Labute approximate surface area is 146 Å². The highest BCUT2D eigenvalue weighted by Gasteiger charge is 2.37. The fourth-order valence-corrected chi connectivity index (χ4v) is 4.13. The summed E-state index contributed by atoms with van der Waals surface area (Å²) >= 11 is 0. The van der Waals surface area contributed by atoms with Crippen LogP contribution < -0.4 is 0 Å². The Kier molecular flexibility index (Phi) is 4.90. The quantitative estimate of drug-likeness (QED) is 0.632. The first-order valence-corrected chi connectivity index (χ1v) is 9.50. The number of benzene rings is 2. The van der Waals surface area contributed by atoms with E-state index >= 15 is 0 Å². The van der Waals surface area contributed by atoms with Crippen LogP contribution >= 0.6 is 0 Å². The zero-order chi connectivity index (χ0) is 17.9. The smallest absolute Gasteiger partial charge is 0.325 e. The van der Waals surface area contributed by atoms with E-state index in [1.807, 2.05) is 6.07 Å². The number of sulfone groups is 1. The number of carbonyl (C=O) groups is 1. The van der Waals surface area contributed by atoms with E-state index in [1.54, 1.807) is 55.5 Å². The van der Waals surface area contributed by atoms with Gasteiger partial charge in [-0.25, -0.2) is 8.42 Å². The third kappa shape index (κ3) is 3.58. The van der Waals surface area contributed by atoms with Crippen molar-refractivity contribution in [2.24, 2.45) is 0 Å². The van der Waals surface area contributed by atoms with Gasteiger partial charge < -0.3 is 9.15 Å². The summed E-state index contributed by atoms with van der Waals surface area (Å²) < 4.78 is 36.5. The average Bonchev–Trinajstić information content (AvgIpc) is 3.05. The summed E-state index contributed by atoms with van der Waals surface area (Å²) in [6.07, 6.45) is 0.0268. The molecule has 0 radical (unpaired) electrons. The van der Waals surface area contributed by atoms with Gasteiger partial charge in [0.1, 0.15) is 5.58 Å². The summed E-state index contributed by atoms with van der Waals surface area (Å²) in [6.45, 7) is 1.76. The lowest BCUT2D eigenvalue weighted by Crippen LogP contribution is -2.34. The highest BCUT2D eigenvalue weighted by molar-refractivity contribution is 7.92. The number of hydrogen-bond acceptors (Lipinski definition) is 5. The topological polar surface area (TPSA) is 73.6 Å². The molecule has 1 atom stereocenters. The number of carbonyl (C=O) groups excluding carboxylic acids is 1. The van der Waals surface area contributed by atoms with Crippen LogP contribution in [-0.2, 0) is 25.8 Å². The zero-order valence-electron chi connectivity index (χ0n) is 13.7. The maximum Gasteiger partial charge on any atom is 0.325 e. The van der Waals surface area contributed by atoms with Crippen LogP contribution in [0.4, 0.5) is 0 Å². The number of ether oxygens (including phenoxy) is 1. The van der Waals surface area contributed by atoms with Gasteiger partial charge in [-0.1, -0.05) is 48.5 Å². The van der Waals surface area contributed by atoms with Gasteiger partial charge in [-0.05, 0) is 18.6 Å². The van der Waals surface area contributed by atoms with E-state index < -0.39 is 21.1 Å². The molecular weight excluding hydrogens is 340 g/mol. The van der Waals surface area contributed by atoms with Crippen LogP contribution in [0.5, 0.6) is 0 Å². The molecule has 0 fully saturated rings. The number of esters is 1. The van der Waals surface area contributed by atoms with Crippen LogP contribution in [0, 0.1) is 0 Å². The van der Waals surface area contributed by atoms with Crippen molar-refractivity contribution in [1.82, 2.24) is 0 Å². The van der Waals surface area contributed by atoms with Crippen molar-refractivity contribution >= 4 is 26.8 Å². The largest absolute Gasteiger partial charge is 0.465 e. The Bertz CT molecular complexity index is 940. The van der Waals surface area contributed by atoms with Gasteiger partial charge in [-0.15, -0.1) is 0 Å². The molecule has 1 heterocycles. The van der Waals surface area contributed by atoms with Crippen molar-refractivity contribution in [3.63, 3.8) is 0 Å². The van der Waals surface area contributed by atoms with Crippen LogP contribution in [0.25, 0.3) is 11.0 Å². The Morgan fingerprint density at radius 2 is 1.76 bits per heavy atom. The summed E-state index contributed by atoms with van der Waals surface area (Å²) in [5.74, 6) is -0.771. The lowest BCUT2D eigenvalue weighted by Gasteiger charge is -2.15. The van der Waals surface area contributed by atoms with Gasteiger partial charge in [0.2, 0.25) is 14.9 Å². The van der Waals surface area contributed by atoms with Gasteiger partial charge in [0, 0.05) is 17.9 Å². The molecule has 0 aliphatic carbocycles. The Morgan fingerprint density at radius 1 is 1.08 bits per heavy atom. The Hall–Kier alpha value is -2.60. The second-order valence-corrected chi connectivity index (χ2v) is 7.64. The van der Waals surface area contributed by atoms with Crippen molar-refractivity contribution in [3.8, 4) is 0 Å². The van der Waals surface area contributed by atoms with Crippen molar-refractivity contribution in [2.45, 2.75) is 23.7 Å². The summed E-state index contributed by atoms with van der Waals surface area (Å²) in [6, 6.07) is 17.4. The normalized spacial score (nSPS) is 12.8.